The number of hydrogen-bond donors (Lipinski definition) is 1. The smallest absolute Gasteiger partial charge is 0.258 e. The van der Waals surface area contributed by atoms with Crippen LogP contribution < -0.4 is 4.72 Å². The summed E-state index contributed by atoms with van der Waals surface area (Å²) in [5, 5.41) is 10.1. The molecule has 0 aliphatic carbocycles. The number of hydrogen-bond acceptors (Lipinski definition) is 4. The Morgan fingerprint density at radius 1 is 1.42 bits per heavy atom. The molecule has 0 bridgehead atoms. The van der Waals surface area contributed by atoms with Gasteiger partial charge in [-0.15, -0.1) is 0 Å². The van der Waals surface area contributed by atoms with E-state index in [1.54, 1.807) is 13.8 Å². The molecule has 0 radical (unpaired) electrons. The molecule has 1 atom stereocenters. The lowest BCUT2D eigenvalue weighted by Crippen LogP contribution is -2.32. The van der Waals surface area contributed by atoms with Crippen molar-refractivity contribution in [3.05, 3.63) is 32.3 Å². The molecule has 1 rings (SSSR count). The van der Waals surface area contributed by atoms with Gasteiger partial charge >= 0.3 is 5.69 Å². The standard InChI is InChI=1S/C10H12Cl2N2O4S/c1-3-6(2)13-19(17,18)8-5-4-7(11)10(9(8)12)14(15)16/h4-6,13H,3H2,1-2H3. The van der Waals surface area contributed by atoms with E-state index in [2.05, 4.69) is 4.72 Å². The molecule has 9 heteroatoms. The van der Waals surface area contributed by atoms with E-state index in [1.807, 2.05) is 0 Å². The summed E-state index contributed by atoms with van der Waals surface area (Å²) in [5.41, 5.74) is -0.615. The molecule has 0 spiro atoms. The molecule has 6 nitrogen and oxygen atoms in total. The molecule has 1 aromatic rings. The number of nitro benzene ring substituents is 1. The molecule has 0 aliphatic heterocycles. The van der Waals surface area contributed by atoms with E-state index >= 15 is 0 Å². The third-order valence-corrected chi connectivity index (χ3v) is 4.90. The number of rotatable bonds is 5. The Bertz CT molecular complexity index is 604. The van der Waals surface area contributed by atoms with Gasteiger partial charge in [0.05, 0.1) is 4.92 Å². The van der Waals surface area contributed by atoms with Crippen molar-refractivity contribution in [2.24, 2.45) is 0 Å². The highest BCUT2D eigenvalue weighted by Crippen LogP contribution is 2.37. The van der Waals surface area contributed by atoms with Crippen molar-refractivity contribution in [2.45, 2.75) is 31.2 Å². The van der Waals surface area contributed by atoms with Gasteiger partial charge in [0.1, 0.15) is 14.9 Å². The van der Waals surface area contributed by atoms with Gasteiger partial charge in [0.25, 0.3) is 0 Å². The Morgan fingerprint density at radius 3 is 2.47 bits per heavy atom. The van der Waals surface area contributed by atoms with E-state index in [0.717, 1.165) is 12.1 Å². The maximum Gasteiger partial charge on any atom is 0.307 e. The van der Waals surface area contributed by atoms with Crippen LogP contribution in [0, 0.1) is 10.1 Å². The van der Waals surface area contributed by atoms with Gasteiger partial charge in [-0.2, -0.15) is 0 Å². The minimum Gasteiger partial charge on any atom is -0.258 e. The van der Waals surface area contributed by atoms with E-state index in [0.29, 0.717) is 6.42 Å². The van der Waals surface area contributed by atoms with Crippen LogP contribution in [0.4, 0.5) is 5.69 Å². The maximum atomic E-state index is 12.0. The van der Waals surface area contributed by atoms with Gasteiger partial charge in [-0.3, -0.25) is 10.1 Å². The van der Waals surface area contributed by atoms with Crippen LogP contribution >= 0.6 is 23.2 Å². The second kappa shape index (κ2) is 6.04. The molecule has 0 heterocycles. The van der Waals surface area contributed by atoms with Crippen LogP contribution in [-0.4, -0.2) is 19.4 Å². The minimum absolute atomic E-state index is 0.211. The molecule has 106 valence electrons. The van der Waals surface area contributed by atoms with Crippen LogP contribution in [0.3, 0.4) is 0 Å². The largest absolute Gasteiger partial charge is 0.307 e. The van der Waals surface area contributed by atoms with E-state index in [4.69, 9.17) is 23.2 Å². The fourth-order valence-corrected chi connectivity index (χ4v) is 3.53. The molecular weight excluding hydrogens is 315 g/mol. The van der Waals surface area contributed by atoms with Crippen molar-refractivity contribution in [3.8, 4) is 0 Å². The zero-order chi connectivity index (χ0) is 14.8. The van der Waals surface area contributed by atoms with E-state index in [1.165, 1.54) is 0 Å². The predicted molar refractivity (Wildman–Crippen MR) is 73.2 cm³/mol. The fraction of sp³-hybridized carbons (Fsp3) is 0.400. The summed E-state index contributed by atoms with van der Waals surface area (Å²) in [5.74, 6) is 0. The quantitative estimate of drug-likeness (QED) is 0.665. The van der Waals surface area contributed by atoms with Gasteiger partial charge in [-0.25, -0.2) is 13.1 Å². The van der Waals surface area contributed by atoms with Crippen molar-refractivity contribution in [2.75, 3.05) is 0 Å². The van der Waals surface area contributed by atoms with Crippen molar-refractivity contribution in [1.29, 1.82) is 0 Å². The predicted octanol–water partition coefficient (Wildman–Crippen LogP) is 2.98. The summed E-state index contributed by atoms with van der Waals surface area (Å²) < 4.78 is 26.5. The Labute approximate surface area is 120 Å². The summed E-state index contributed by atoms with van der Waals surface area (Å²) >= 11 is 11.4. The molecule has 1 unspecified atom stereocenters. The van der Waals surface area contributed by atoms with Crippen molar-refractivity contribution in [1.82, 2.24) is 4.72 Å². The first-order valence-electron chi connectivity index (χ1n) is 5.35. The van der Waals surface area contributed by atoms with E-state index in [9.17, 15) is 18.5 Å². The van der Waals surface area contributed by atoms with Gasteiger partial charge < -0.3 is 0 Å². The Balaban J connectivity index is 3.37. The van der Waals surface area contributed by atoms with Crippen LogP contribution in [0.2, 0.25) is 10.0 Å². The van der Waals surface area contributed by atoms with Gasteiger partial charge in [0.2, 0.25) is 10.0 Å². The zero-order valence-electron chi connectivity index (χ0n) is 10.2. The molecule has 0 amide bonds. The normalized spacial score (nSPS) is 13.3. The van der Waals surface area contributed by atoms with E-state index in [-0.39, 0.29) is 16.0 Å². The molecule has 19 heavy (non-hydrogen) atoms. The average molecular weight is 327 g/mol. The van der Waals surface area contributed by atoms with Crippen molar-refractivity contribution in [3.63, 3.8) is 0 Å². The molecule has 1 N–H and O–H groups in total. The Kier molecular flexibility index (Phi) is 5.14. The van der Waals surface area contributed by atoms with Gasteiger partial charge in [-0.05, 0) is 25.5 Å². The molecule has 1 aromatic carbocycles. The minimum atomic E-state index is -3.92. The summed E-state index contributed by atoms with van der Waals surface area (Å²) in [6.07, 6.45) is 0.576. The van der Waals surface area contributed by atoms with Crippen molar-refractivity contribution >= 4 is 38.9 Å². The third kappa shape index (κ3) is 3.56. The molecule has 0 aliphatic rings. The lowest BCUT2D eigenvalue weighted by Gasteiger charge is -2.13. The second-order valence-corrected chi connectivity index (χ2v) is 6.36. The topological polar surface area (TPSA) is 89.3 Å². The highest BCUT2D eigenvalue weighted by Gasteiger charge is 2.28. The molecule has 0 aromatic heterocycles. The first-order chi connectivity index (χ1) is 8.70. The fourth-order valence-electron chi connectivity index (χ4n) is 1.31. The summed E-state index contributed by atoms with van der Waals surface area (Å²) in [4.78, 5) is 9.65. The molecular formula is C10H12Cl2N2O4S. The highest BCUT2D eigenvalue weighted by atomic mass is 35.5. The monoisotopic (exact) mass is 326 g/mol. The summed E-state index contributed by atoms with van der Waals surface area (Å²) in [7, 11) is -3.92. The number of benzene rings is 1. The average Bonchev–Trinajstić information content (AvgIpc) is 2.27. The number of nitrogens with zero attached hydrogens (tertiary/aromatic N) is 1. The SMILES string of the molecule is CCC(C)NS(=O)(=O)c1ccc(Cl)c([N+](=O)[O-])c1Cl. The van der Waals surface area contributed by atoms with Crippen LogP contribution in [0.25, 0.3) is 0 Å². The number of nitro groups is 1. The second-order valence-electron chi connectivity index (χ2n) is 3.90. The van der Waals surface area contributed by atoms with Crippen LogP contribution in [-0.2, 0) is 10.0 Å². The highest BCUT2D eigenvalue weighted by molar-refractivity contribution is 7.89. The van der Waals surface area contributed by atoms with Crippen LogP contribution in [0.15, 0.2) is 17.0 Å². The molecule has 0 fully saturated rings. The first kappa shape index (κ1) is 16.2. The molecule has 0 saturated heterocycles. The zero-order valence-corrected chi connectivity index (χ0v) is 12.5. The summed E-state index contributed by atoms with van der Waals surface area (Å²) in [6, 6.07) is 1.97. The molecule has 0 saturated carbocycles. The lowest BCUT2D eigenvalue weighted by molar-refractivity contribution is -0.384. The lowest BCUT2D eigenvalue weighted by atomic mass is 10.3. The van der Waals surface area contributed by atoms with Crippen LogP contribution in [0.5, 0.6) is 0 Å². The third-order valence-electron chi connectivity index (χ3n) is 2.47. The maximum absolute atomic E-state index is 12.0. The first-order valence-corrected chi connectivity index (χ1v) is 7.59. The Morgan fingerprint density at radius 2 is 2.00 bits per heavy atom. The van der Waals surface area contributed by atoms with Gasteiger partial charge in [0, 0.05) is 6.04 Å². The Hall–Kier alpha value is -0.890. The van der Waals surface area contributed by atoms with Crippen molar-refractivity contribution < 1.29 is 13.3 Å². The summed E-state index contributed by atoms with van der Waals surface area (Å²) in [6.45, 7) is 3.48. The van der Waals surface area contributed by atoms with Gasteiger partial charge in [-0.1, -0.05) is 30.1 Å². The number of sulfonamides is 1. The number of nitrogens with one attached hydrogen (secondary N) is 1. The van der Waals surface area contributed by atoms with E-state index < -0.39 is 25.7 Å². The van der Waals surface area contributed by atoms with Crippen LogP contribution in [0.1, 0.15) is 20.3 Å². The number of halogens is 2. The van der Waals surface area contributed by atoms with Gasteiger partial charge in [0.15, 0.2) is 0 Å².